The normalized spacial score (nSPS) is 11.1. The molecule has 178 valence electrons. The van der Waals surface area contributed by atoms with Crippen molar-refractivity contribution in [2.45, 2.75) is 26.9 Å². The number of benzene rings is 1. The number of halogens is 3. The molecule has 3 amide bonds. The Kier molecular flexibility index (Phi) is 6.99. The summed E-state index contributed by atoms with van der Waals surface area (Å²) < 4.78 is 44.2. The number of hydrogen-bond donors (Lipinski definition) is 2. The van der Waals surface area contributed by atoms with E-state index < -0.39 is 36.3 Å². The van der Waals surface area contributed by atoms with E-state index in [0.29, 0.717) is 11.9 Å². The van der Waals surface area contributed by atoms with Gasteiger partial charge >= 0.3 is 18.2 Å². The average molecular weight is 475 g/mol. The van der Waals surface area contributed by atoms with Gasteiger partial charge in [0.1, 0.15) is 5.56 Å². The number of pyridine rings is 1. The first-order valence-corrected chi connectivity index (χ1v) is 9.89. The van der Waals surface area contributed by atoms with Crippen LogP contribution in [0.25, 0.3) is 5.82 Å². The number of carbonyl (C=O) groups excluding carboxylic acids is 3. The minimum atomic E-state index is -4.53. The SMILES string of the molecule is Cc1ccc(NC(=O)NC(=O)COC(=O)c2cnn(-c3ccc(C(F)(F)F)cn3)c2C)cc1C. The third-order valence-electron chi connectivity index (χ3n) is 4.87. The topological polar surface area (TPSA) is 115 Å². The number of hydrogen-bond acceptors (Lipinski definition) is 6. The van der Waals surface area contributed by atoms with E-state index in [1.165, 1.54) is 6.92 Å². The molecule has 0 saturated carbocycles. The van der Waals surface area contributed by atoms with Crippen molar-refractivity contribution in [2.75, 3.05) is 11.9 Å². The minimum absolute atomic E-state index is 0.0194. The van der Waals surface area contributed by atoms with Gasteiger partial charge in [0.05, 0.1) is 17.5 Å². The van der Waals surface area contributed by atoms with E-state index in [9.17, 15) is 27.6 Å². The van der Waals surface area contributed by atoms with Gasteiger partial charge in [-0.2, -0.15) is 18.3 Å². The molecule has 2 heterocycles. The Balaban J connectivity index is 1.56. The van der Waals surface area contributed by atoms with Crippen LogP contribution in [0.4, 0.5) is 23.7 Å². The molecule has 3 aromatic rings. The smallest absolute Gasteiger partial charge is 0.417 e. The molecule has 2 aromatic heterocycles. The Labute approximate surface area is 191 Å². The maximum absolute atomic E-state index is 12.7. The summed E-state index contributed by atoms with van der Waals surface area (Å²) in [6.07, 6.45) is -2.74. The van der Waals surface area contributed by atoms with E-state index in [0.717, 1.165) is 34.1 Å². The molecule has 0 saturated heterocycles. The number of anilines is 1. The van der Waals surface area contributed by atoms with Gasteiger partial charge in [0.15, 0.2) is 12.4 Å². The molecule has 12 heteroatoms. The summed E-state index contributed by atoms with van der Waals surface area (Å²) in [6, 6.07) is 6.40. The first kappa shape index (κ1) is 24.4. The third-order valence-corrected chi connectivity index (χ3v) is 4.87. The quantitative estimate of drug-likeness (QED) is 0.544. The number of aromatic nitrogens is 3. The van der Waals surface area contributed by atoms with Crippen molar-refractivity contribution >= 4 is 23.6 Å². The lowest BCUT2D eigenvalue weighted by atomic mass is 10.1. The molecule has 0 bridgehead atoms. The van der Waals surface area contributed by atoms with Gasteiger partial charge in [-0.15, -0.1) is 0 Å². The lowest BCUT2D eigenvalue weighted by molar-refractivity contribution is -0.137. The molecule has 1 aromatic carbocycles. The molecule has 0 fully saturated rings. The highest BCUT2D eigenvalue weighted by Gasteiger charge is 2.31. The monoisotopic (exact) mass is 475 g/mol. The number of carbonyl (C=O) groups is 3. The predicted molar refractivity (Wildman–Crippen MR) is 114 cm³/mol. The van der Waals surface area contributed by atoms with Crippen LogP contribution in [-0.2, 0) is 15.7 Å². The van der Waals surface area contributed by atoms with Crippen LogP contribution < -0.4 is 10.6 Å². The molecule has 2 N–H and O–H groups in total. The fourth-order valence-corrected chi connectivity index (χ4v) is 2.87. The summed E-state index contributed by atoms with van der Waals surface area (Å²) in [5.41, 5.74) is 1.79. The van der Waals surface area contributed by atoms with Gasteiger partial charge in [-0.25, -0.2) is 19.3 Å². The highest BCUT2D eigenvalue weighted by molar-refractivity contribution is 6.02. The van der Waals surface area contributed by atoms with Crippen LogP contribution in [0.3, 0.4) is 0 Å². The van der Waals surface area contributed by atoms with Gasteiger partial charge < -0.3 is 10.1 Å². The zero-order chi connectivity index (χ0) is 25.0. The molecule has 3 rings (SSSR count). The molecule has 34 heavy (non-hydrogen) atoms. The first-order chi connectivity index (χ1) is 16.0. The molecule has 0 aliphatic heterocycles. The summed E-state index contributed by atoms with van der Waals surface area (Å²) in [4.78, 5) is 40.0. The molecule has 9 nitrogen and oxygen atoms in total. The molecular weight excluding hydrogens is 455 g/mol. The Bertz CT molecular complexity index is 1240. The number of aryl methyl sites for hydroxylation is 2. The second-order valence-electron chi connectivity index (χ2n) is 7.34. The number of imide groups is 1. The maximum Gasteiger partial charge on any atom is 0.417 e. The Morgan fingerprint density at radius 3 is 2.38 bits per heavy atom. The molecule has 0 aliphatic carbocycles. The Morgan fingerprint density at radius 2 is 1.76 bits per heavy atom. The highest BCUT2D eigenvalue weighted by Crippen LogP contribution is 2.28. The van der Waals surface area contributed by atoms with Crippen molar-refractivity contribution in [2.24, 2.45) is 0 Å². The van der Waals surface area contributed by atoms with Crippen molar-refractivity contribution in [1.82, 2.24) is 20.1 Å². The standard InChI is InChI=1S/C22H20F3N5O4/c1-12-4-6-16(8-13(12)2)28-21(33)29-19(31)11-34-20(32)17-10-27-30(14(17)3)18-7-5-15(9-26-18)22(23,24)25/h4-10H,11H2,1-3H3,(H2,28,29,31,33). The molecule has 0 unspecified atom stereocenters. The van der Waals surface area contributed by atoms with Crippen molar-refractivity contribution in [3.05, 3.63) is 70.7 Å². The first-order valence-electron chi connectivity index (χ1n) is 9.89. The largest absolute Gasteiger partial charge is 0.452 e. The molecule has 0 atom stereocenters. The van der Waals surface area contributed by atoms with E-state index in [4.69, 9.17) is 4.74 Å². The average Bonchev–Trinajstić information content (AvgIpc) is 3.15. The molecule has 0 aliphatic rings. The summed E-state index contributed by atoms with van der Waals surface area (Å²) in [7, 11) is 0. The number of esters is 1. The number of urea groups is 1. The highest BCUT2D eigenvalue weighted by atomic mass is 19.4. The zero-order valence-corrected chi connectivity index (χ0v) is 18.4. The van der Waals surface area contributed by atoms with E-state index in [-0.39, 0.29) is 17.1 Å². The number of nitrogens with zero attached hydrogens (tertiary/aromatic N) is 3. The lowest BCUT2D eigenvalue weighted by Gasteiger charge is -2.09. The van der Waals surface area contributed by atoms with E-state index in [2.05, 4.69) is 15.4 Å². The van der Waals surface area contributed by atoms with Crippen LogP contribution in [0.1, 0.15) is 32.7 Å². The second kappa shape index (κ2) is 9.73. The van der Waals surface area contributed by atoms with Crippen LogP contribution >= 0.6 is 0 Å². The van der Waals surface area contributed by atoms with Gasteiger partial charge in [0, 0.05) is 11.9 Å². The summed E-state index contributed by atoms with van der Waals surface area (Å²) in [6.45, 7) is 4.55. The number of alkyl halides is 3. The van der Waals surface area contributed by atoms with Gasteiger partial charge in [0.2, 0.25) is 0 Å². The molecule has 0 spiro atoms. The summed E-state index contributed by atoms with van der Waals surface area (Å²) in [5.74, 6) is -1.70. The Hall–Kier alpha value is -4.22. The van der Waals surface area contributed by atoms with Crippen LogP contribution in [0, 0.1) is 20.8 Å². The van der Waals surface area contributed by atoms with E-state index in [1.54, 1.807) is 12.1 Å². The van der Waals surface area contributed by atoms with Crippen molar-refractivity contribution in [3.63, 3.8) is 0 Å². The van der Waals surface area contributed by atoms with Gasteiger partial charge in [-0.1, -0.05) is 6.07 Å². The number of ether oxygens (including phenoxy) is 1. The third kappa shape index (κ3) is 5.77. The van der Waals surface area contributed by atoms with Gasteiger partial charge in [-0.05, 0) is 56.2 Å². The fraction of sp³-hybridized carbons (Fsp3) is 0.227. The molecular formula is C22H20F3N5O4. The number of rotatable bonds is 5. The van der Waals surface area contributed by atoms with E-state index in [1.807, 2.05) is 25.2 Å². The zero-order valence-electron chi connectivity index (χ0n) is 18.4. The number of amides is 3. The minimum Gasteiger partial charge on any atom is -0.452 e. The van der Waals surface area contributed by atoms with Crippen molar-refractivity contribution in [3.8, 4) is 5.82 Å². The van der Waals surface area contributed by atoms with Crippen LogP contribution in [0.5, 0.6) is 0 Å². The van der Waals surface area contributed by atoms with Gasteiger partial charge in [-0.3, -0.25) is 10.1 Å². The maximum atomic E-state index is 12.7. The Morgan fingerprint density at radius 1 is 1.03 bits per heavy atom. The van der Waals surface area contributed by atoms with Gasteiger partial charge in [0.25, 0.3) is 5.91 Å². The lowest BCUT2D eigenvalue weighted by Crippen LogP contribution is -2.37. The van der Waals surface area contributed by atoms with Crippen LogP contribution in [-0.4, -0.2) is 39.3 Å². The predicted octanol–water partition coefficient (Wildman–Crippen LogP) is 3.72. The van der Waals surface area contributed by atoms with Crippen LogP contribution in [0.2, 0.25) is 0 Å². The van der Waals surface area contributed by atoms with Crippen molar-refractivity contribution in [1.29, 1.82) is 0 Å². The van der Waals surface area contributed by atoms with Crippen LogP contribution in [0.15, 0.2) is 42.7 Å². The van der Waals surface area contributed by atoms with E-state index >= 15 is 0 Å². The summed E-state index contributed by atoms with van der Waals surface area (Å²) >= 11 is 0. The number of nitrogens with one attached hydrogen (secondary N) is 2. The summed E-state index contributed by atoms with van der Waals surface area (Å²) in [5, 5.41) is 8.49. The fourth-order valence-electron chi connectivity index (χ4n) is 2.87. The van der Waals surface area contributed by atoms with Crippen molar-refractivity contribution < 1.29 is 32.3 Å². The second-order valence-corrected chi connectivity index (χ2v) is 7.34. The molecule has 0 radical (unpaired) electrons.